The van der Waals surface area contributed by atoms with Crippen molar-refractivity contribution in [3.8, 4) is 16.9 Å². The molecule has 168 valence electrons. The largest absolute Gasteiger partial charge is 0.497 e. The normalized spacial score (nSPS) is 24.2. The lowest BCUT2D eigenvalue weighted by Gasteiger charge is -2.37. The van der Waals surface area contributed by atoms with E-state index < -0.39 is 24.4 Å². The van der Waals surface area contributed by atoms with Crippen LogP contribution in [0, 0.1) is 0 Å². The number of hydrogen-bond acceptors (Lipinski definition) is 7. The summed E-state index contributed by atoms with van der Waals surface area (Å²) >= 11 is 0. The third-order valence-corrected chi connectivity index (χ3v) is 6.32. The molecule has 4 atom stereocenters. The molecule has 1 heterocycles. The number of carbonyl (C=O) groups is 2. The van der Waals surface area contributed by atoms with Crippen LogP contribution in [0.15, 0.2) is 60.7 Å². The Morgan fingerprint density at radius 3 is 2.06 bits per heavy atom. The maximum Gasteiger partial charge on any atom is 0.195 e. The lowest BCUT2D eigenvalue weighted by molar-refractivity contribution is -0.189. The van der Waals surface area contributed by atoms with Crippen molar-refractivity contribution in [3.63, 3.8) is 0 Å². The molecule has 1 aliphatic carbocycles. The van der Waals surface area contributed by atoms with Gasteiger partial charge >= 0.3 is 0 Å². The quantitative estimate of drug-likeness (QED) is 0.443. The van der Waals surface area contributed by atoms with Gasteiger partial charge in [-0.25, -0.2) is 0 Å². The minimum atomic E-state index is -1.47. The number of carbonyl (C=O) groups excluding carboxylic acids is 2. The number of ether oxygens (including phenoxy) is 2. The second-order valence-electron chi connectivity index (χ2n) is 8.19. The van der Waals surface area contributed by atoms with Crippen molar-refractivity contribution < 1.29 is 34.4 Å². The zero-order valence-electron chi connectivity index (χ0n) is 17.8. The second kappa shape index (κ2) is 8.20. The van der Waals surface area contributed by atoms with Crippen molar-refractivity contribution in [2.75, 3.05) is 13.7 Å². The second-order valence-corrected chi connectivity index (χ2v) is 8.19. The van der Waals surface area contributed by atoms with E-state index in [1.54, 1.807) is 67.8 Å². The predicted octanol–water partition coefficient (Wildman–Crippen LogP) is 2.29. The van der Waals surface area contributed by atoms with E-state index in [9.17, 15) is 24.9 Å². The molecule has 0 amide bonds. The molecule has 0 saturated carbocycles. The van der Waals surface area contributed by atoms with Crippen LogP contribution >= 0.6 is 0 Å². The van der Waals surface area contributed by atoms with Crippen molar-refractivity contribution in [3.05, 3.63) is 88.5 Å². The number of aliphatic hydroxyl groups is 3. The highest BCUT2D eigenvalue weighted by Gasteiger charge is 2.42. The predicted molar refractivity (Wildman–Crippen MR) is 118 cm³/mol. The lowest BCUT2D eigenvalue weighted by Crippen LogP contribution is -2.49. The molecular formula is C26H22O7. The molecule has 0 aromatic heterocycles. The summed E-state index contributed by atoms with van der Waals surface area (Å²) in [6, 6.07) is 17.1. The van der Waals surface area contributed by atoms with Gasteiger partial charge in [-0.1, -0.05) is 48.5 Å². The summed E-state index contributed by atoms with van der Waals surface area (Å²) in [6.07, 6.45) is -5.24. The molecule has 7 nitrogen and oxygen atoms in total. The van der Waals surface area contributed by atoms with Gasteiger partial charge in [-0.2, -0.15) is 0 Å². The fourth-order valence-corrected chi connectivity index (χ4v) is 4.58. The highest BCUT2D eigenvalue weighted by Crippen LogP contribution is 2.41. The van der Waals surface area contributed by atoms with E-state index in [4.69, 9.17) is 9.47 Å². The summed E-state index contributed by atoms with van der Waals surface area (Å²) < 4.78 is 10.9. The molecule has 0 spiro atoms. The molecule has 2 aliphatic rings. The van der Waals surface area contributed by atoms with E-state index in [2.05, 4.69) is 0 Å². The number of benzene rings is 3. The van der Waals surface area contributed by atoms with Crippen LogP contribution in [-0.4, -0.2) is 58.9 Å². The Balaban J connectivity index is 1.74. The number of aliphatic hydroxyl groups excluding tert-OH is 3. The highest BCUT2D eigenvalue weighted by atomic mass is 16.5. The molecule has 33 heavy (non-hydrogen) atoms. The van der Waals surface area contributed by atoms with Crippen LogP contribution in [0.25, 0.3) is 11.1 Å². The smallest absolute Gasteiger partial charge is 0.195 e. The van der Waals surface area contributed by atoms with E-state index in [-0.39, 0.29) is 34.9 Å². The van der Waals surface area contributed by atoms with Crippen LogP contribution in [0.4, 0.5) is 0 Å². The molecule has 3 aromatic carbocycles. The Morgan fingerprint density at radius 2 is 1.42 bits per heavy atom. The Labute approximate surface area is 189 Å². The van der Waals surface area contributed by atoms with Crippen LogP contribution < -0.4 is 4.74 Å². The van der Waals surface area contributed by atoms with Crippen LogP contribution in [0.2, 0.25) is 0 Å². The molecule has 3 aromatic rings. The average molecular weight is 446 g/mol. The summed E-state index contributed by atoms with van der Waals surface area (Å²) in [5.74, 6) is -0.0102. The minimum Gasteiger partial charge on any atom is -0.497 e. The van der Waals surface area contributed by atoms with Gasteiger partial charge in [-0.3, -0.25) is 9.59 Å². The van der Waals surface area contributed by atoms with Gasteiger partial charge in [0.25, 0.3) is 0 Å². The molecule has 0 radical (unpaired) electrons. The molecule has 1 aliphatic heterocycles. The molecule has 5 rings (SSSR count). The number of rotatable bonds is 3. The molecule has 3 N–H and O–H groups in total. The van der Waals surface area contributed by atoms with Crippen LogP contribution in [0.1, 0.15) is 43.5 Å². The van der Waals surface area contributed by atoms with Gasteiger partial charge in [-0.15, -0.1) is 0 Å². The molecule has 7 heteroatoms. The summed E-state index contributed by atoms with van der Waals surface area (Å²) in [4.78, 5) is 27.3. The van der Waals surface area contributed by atoms with E-state index in [1.807, 2.05) is 0 Å². The maximum atomic E-state index is 13.6. The Kier molecular flexibility index (Phi) is 5.34. The fraction of sp³-hybridized carbons (Fsp3) is 0.231. The lowest BCUT2D eigenvalue weighted by atomic mass is 9.76. The summed E-state index contributed by atoms with van der Waals surface area (Å²) in [7, 11) is 1.56. The number of methoxy groups -OCH3 is 1. The van der Waals surface area contributed by atoms with E-state index in [0.29, 0.717) is 22.4 Å². The van der Waals surface area contributed by atoms with Crippen molar-refractivity contribution in [2.45, 2.75) is 24.4 Å². The van der Waals surface area contributed by atoms with Crippen molar-refractivity contribution >= 4 is 11.6 Å². The van der Waals surface area contributed by atoms with Gasteiger partial charge < -0.3 is 24.8 Å². The molecule has 1 saturated heterocycles. The van der Waals surface area contributed by atoms with Gasteiger partial charge in [0.1, 0.15) is 30.2 Å². The first kappa shape index (κ1) is 21.5. The van der Waals surface area contributed by atoms with Gasteiger partial charge in [-0.05, 0) is 28.8 Å². The summed E-state index contributed by atoms with van der Waals surface area (Å²) in [6.45, 7) is -0.212. The zero-order chi connectivity index (χ0) is 23.3. The molecular weight excluding hydrogens is 424 g/mol. The van der Waals surface area contributed by atoms with Crippen LogP contribution in [0.3, 0.4) is 0 Å². The maximum absolute atomic E-state index is 13.6. The SMILES string of the molecule is COc1ccc(-c2ccc([C@@H]3OC[C@@H](O)[C@H](O)[C@H]3O)c3c2C(=O)c2ccccc2C3=O)cc1. The molecule has 1 fully saturated rings. The van der Waals surface area contributed by atoms with Crippen LogP contribution in [-0.2, 0) is 4.74 Å². The molecule has 0 unspecified atom stereocenters. The Hall–Kier alpha value is -3.36. The van der Waals surface area contributed by atoms with Gasteiger partial charge in [0.05, 0.1) is 13.7 Å². The number of fused-ring (bicyclic) bond motifs is 2. The first-order valence-corrected chi connectivity index (χ1v) is 10.6. The zero-order valence-corrected chi connectivity index (χ0v) is 17.8. The average Bonchev–Trinajstić information content (AvgIpc) is 2.85. The standard InChI is InChI=1S/C26H22O7/c1-32-14-8-6-13(7-9-14)15-10-11-18(26-25(31)24(30)19(27)12-33-26)21-20(15)22(28)16-4-2-3-5-17(16)23(21)29/h2-11,19,24-27,30-31H,12H2,1H3/t19-,24+,25-,26+/m1/s1. The monoisotopic (exact) mass is 446 g/mol. The van der Waals surface area contributed by atoms with Crippen molar-refractivity contribution in [1.82, 2.24) is 0 Å². The third-order valence-electron chi connectivity index (χ3n) is 6.32. The number of hydrogen-bond donors (Lipinski definition) is 3. The first-order chi connectivity index (χ1) is 15.9. The first-order valence-electron chi connectivity index (χ1n) is 10.6. The van der Waals surface area contributed by atoms with Gasteiger partial charge in [0, 0.05) is 22.3 Å². The number of ketones is 2. The highest BCUT2D eigenvalue weighted by molar-refractivity contribution is 6.30. The minimum absolute atomic E-state index is 0.139. The summed E-state index contributed by atoms with van der Waals surface area (Å²) in [5, 5.41) is 30.6. The van der Waals surface area contributed by atoms with Gasteiger partial charge in [0.2, 0.25) is 0 Å². The van der Waals surface area contributed by atoms with E-state index in [0.717, 1.165) is 5.56 Å². The van der Waals surface area contributed by atoms with Crippen molar-refractivity contribution in [2.24, 2.45) is 0 Å². The summed E-state index contributed by atoms with van der Waals surface area (Å²) in [5.41, 5.74) is 2.53. The van der Waals surface area contributed by atoms with Crippen LogP contribution in [0.5, 0.6) is 5.75 Å². The topological polar surface area (TPSA) is 113 Å². The van der Waals surface area contributed by atoms with E-state index >= 15 is 0 Å². The van der Waals surface area contributed by atoms with E-state index in [1.165, 1.54) is 0 Å². The molecule has 0 bridgehead atoms. The van der Waals surface area contributed by atoms with Gasteiger partial charge in [0.15, 0.2) is 11.6 Å². The third kappa shape index (κ3) is 3.37. The Bertz CT molecular complexity index is 1250. The fourth-order valence-electron chi connectivity index (χ4n) is 4.58. The Morgan fingerprint density at radius 1 is 0.788 bits per heavy atom. The van der Waals surface area contributed by atoms with Crippen molar-refractivity contribution in [1.29, 1.82) is 0 Å².